The summed E-state index contributed by atoms with van der Waals surface area (Å²) in [4.78, 5) is 0. The summed E-state index contributed by atoms with van der Waals surface area (Å²) in [6.07, 6.45) is 2.68. The van der Waals surface area contributed by atoms with Gasteiger partial charge in [0.15, 0.2) is 0 Å². The van der Waals surface area contributed by atoms with Crippen LogP contribution in [-0.2, 0) is 4.12 Å². The Morgan fingerprint density at radius 3 is 2.64 bits per heavy atom. The van der Waals surface area contributed by atoms with Gasteiger partial charge in [0.2, 0.25) is 8.32 Å². The van der Waals surface area contributed by atoms with Gasteiger partial charge < -0.3 is 4.12 Å². The Morgan fingerprint density at radius 1 is 1.27 bits per heavy atom. The second-order valence-electron chi connectivity index (χ2n) is 3.02. The molecule has 0 spiro atoms. The summed E-state index contributed by atoms with van der Waals surface area (Å²) in [5, 5.41) is 0. The monoisotopic (exact) mass is 184 g/mol. The first-order valence-electron chi connectivity index (χ1n) is 4.24. The molecule has 0 atom stereocenters. The highest BCUT2D eigenvalue weighted by atomic mass is 28.4. The third-order valence-corrected chi connectivity index (χ3v) is 8.55. The lowest BCUT2D eigenvalue weighted by atomic mass is 10.4. The molecule has 1 heterocycles. The summed E-state index contributed by atoms with van der Waals surface area (Å²) in [6, 6.07) is 2.56. The van der Waals surface area contributed by atoms with E-state index in [2.05, 4.69) is 13.2 Å². The van der Waals surface area contributed by atoms with E-state index in [1.54, 1.807) is 0 Å². The molecular formula is C8H16OSi2. The molecule has 0 unspecified atom stereocenters. The van der Waals surface area contributed by atoms with Crippen molar-refractivity contribution in [1.82, 2.24) is 0 Å². The van der Waals surface area contributed by atoms with Gasteiger partial charge in [0.1, 0.15) is 9.76 Å². The molecule has 0 aromatic rings. The third-order valence-electron chi connectivity index (χ3n) is 2.27. The summed E-state index contributed by atoms with van der Waals surface area (Å²) in [5.41, 5.74) is 4.08. The maximum Gasteiger partial charge on any atom is 0.228 e. The summed E-state index contributed by atoms with van der Waals surface area (Å²) in [5.74, 6) is 0. The lowest BCUT2D eigenvalue weighted by Crippen LogP contribution is -2.33. The minimum absolute atomic E-state index is 0.233. The Morgan fingerprint density at radius 2 is 2.00 bits per heavy atom. The topological polar surface area (TPSA) is 9.23 Å². The van der Waals surface area contributed by atoms with E-state index < -0.39 is 8.32 Å². The fraction of sp³-hybridized carbons (Fsp3) is 0.500. The van der Waals surface area contributed by atoms with Crippen molar-refractivity contribution in [2.75, 3.05) is 0 Å². The van der Waals surface area contributed by atoms with Gasteiger partial charge in [-0.15, -0.1) is 13.2 Å². The molecule has 0 radical (unpaired) electrons. The van der Waals surface area contributed by atoms with Gasteiger partial charge >= 0.3 is 0 Å². The minimum Gasteiger partial charge on any atom is -0.455 e. The van der Waals surface area contributed by atoms with Crippen LogP contribution in [0.2, 0.25) is 12.1 Å². The van der Waals surface area contributed by atoms with E-state index in [9.17, 15) is 0 Å². The van der Waals surface area contributed by atoms with Crippen LogP contribution in [0.5, 0.6) is 0 Å². The van der Waals surface area contributed by atoms with Crippen LogP contribution in [-0.4, -0.2) is 18.1 Å². The van der Waals surface area contributed by atoms with Crippen LogP contribution >= 0.6 is 0 Å². The largest absolute Gasteiger partial charge is 0.455 e. The molecule has 0 N–H and O–H groups in total. The summed E-state index contributed by atoms with van der Waals surface area (Å²) in [6.45, 7) is 7.71. The van der Waals surface area contributed by atoms with Crippen LogP contribution in [0.4, 0.5) is 0 Å². The Bertz CT molecular complexity index is 138. The Hall–Kier alpha value is -0.126. The Labute approximate surface area is 72.2 Å². The average molecular weight is 184 g/mol. The van der Waals surface area contributed by atoms with E-state index in [-0.39, 0.29) is 9.76 Å². The van der Waals surface area contributed by atoms with Gasteiger partial charge in [-0.3, -0.25) is 0 Å². The lowest BCUT2D eigenvalue weighted by Gasteiger charge is -2.21. The molecule has 11 heavy (non-hydrogen) atoms. The zero-order chi connectivity index (χ0) is 8.16. The van der Waals surface area contributed by atoms with Gasteiger partial charge in [0.05, 0.1) is 0 Å². The molecule has 0 aliphatic carbocycles. The fourth-order valence-corrected chi connectivity index (χ4v) is 6.97. The predicted molar refractivity (Wildman–Crippen MR) is 54.6 cm³/mol. The van der Waals surface area contributed by atoms with E-state index in [1.807, 2.05) is 11.4 Å². The Balaban J connectivity index is 2.63. The average Bonchev–Trinajstić information content (AvgIpc) is 2.30. The maximum absolute atomic E-state index is 5.93. The summed E-state index contributed by atoms with van der Waals surface area (Å²) < 4.78 is 5.93. The molecular weight excluding hydrogens is 168 g/mol. The fourth-order valence-electron chi connectivity index (χ4n) is 1.42. The first-order chi connectivity index (χ1) is 5.33. The summed E-state index contributed by atoms with van der Waals surface area (Å²) >= 11 is 0. The number of hydrogen-bond donors (Lipinski definition) is 0. The molecule has 62 valence electrons. The smallest absolute Gasteiger partial charge is 0.228 e. The third kappa shape index (κ3) is 2.15. The molecule has 1 aliphatic heterocycles. The first kappa shape index (κ1) is 8.97. The normalized spacial score (nSPS) is 25.8. The van der Waals surface area contributed by atoms with Crippen LogP contribution in [0.25, 0.3) is 0 Å². The van der Waals surface area contributed by atoms with Crippen molar-refractivity contribution in [2.45, 2.75) is 24.9 Å². The highest BCUT2D eigenvalue weighted by Gasteiger charge is 2.28. The van der Waals surface area contributed by atoms with E-state index in [4.69, 9.17) is 4.12 Å². The van der Waals surface area contributed by atoms with Crippen molar-refractivity contribution < 1.29 is 4.12 Å². The van der Waals surface area contributed by atoms with Gasteiger partial charge in [0, 0.05) is 0 Å². The van der Waals surface area contributed by atoms with Crippen LogP contribution in [0.1, 0.15) is 12.8 Å². The lowest BCUT2D eigenvalue weighted by molar-refractivity contribution is 0.606. The molecule has 1 aliphatic rings. The van der Waals surface area contributed by atoms with Crippen molar-refractivity contribution >= 4 is 18.1 Å². The van der Waals surface area contributed by atoms with Crippen molar-refractivity contribution in [3.8, 4) is 0 Å². The molecule has 3 heteroatoms. The minimum atomic E-state index is -1.59. The predicted octanol–water partition coefficient (Wildman–Crippen LogP) is 1.69. The second-order valence-corrected chi connectivity index (χ2v) is 8.52. The molecule has 1 saturated heterocycles. The quantitative estimate of drug-likeness (QED) is 0.594. The van der Waals surface area contributed by atoms with Crippen molar-refractivity contribution in [3.63, 3.8) is 0 Å². The molecule has 1 fully saturated rings. The molecule has 0 bridgehead atoms. The number of hydrogen-bond acceptors (Lipinski definition) is 1. The molecule has 0 aromatic heterocycles. The van der Waals surface area contributed by atoms with Crippen LogP contribution < -0.4 is 0 Å². The van der Waals surface area contributed by atoms with Crippen molar-refractivity contribution in [1.29, 1.82) is 0 Å². The highest BCUT2D eigenvalue weighted by Crippen LogP contribution is 2.22. The number of rotatable bonds is 2. The van der Waals surface area contributed by atoms with E-state index >= 15 is 0 Å². The first-order valence-corrected chi connectivity index (χ1v) is 8.09. The van der Waals surface area contributed by atoms with E-state index in [0.29, 0.717) is 0 Å². The molecule has 0 aromatic carbocycles. The van der Waals surface area contributed by atoms with Crippen molar-refractivity contribution in [2.24, 2.45) is 0 Å². The molecule has 1 rings (SSSR count). The van der Waals surface area contributed by atoms with E-state index in [1.165, 1.54) is 24.9 Å². The zero-order valence-corrected chi connectivity index (χ0v) is 9.43. The maximum atomic E-state index is 5.93. The molecule has 1 nitrogen and oxygen atoms in total. The Kier molecular flexibility index (Phi) is 3.29. The second kappa shape index (κ2) is 4.04. The summed E-state index contributed by atoms with van der Waals surface area (Å²) in [7, 11) is -1.82. The van der Waals surface area contributed by atoms with Gasteiger partial charge in [-0.05, 0) is 12.1 Å². The van der Waals surface area contributed by atoms with Crippen molar-refractivity contribution in [3.05, 3.63) is 24.6 Å². The SMILES string of the molecule is C=C[Si]1(C=C)CCCC[SiH2]O1. The molecule has 0 saturated carbocycles. The van der Waals surface area contributed by atoms with Gasteiger partial charge in [0.25, 0.3) is 0 Å². The zero-order valence-electron chi connectivity index (χ0n) is 7.01. The van der Waals surface area contributed by atoms with Gasteiger partial charge in [-0.25, -0.2) is 0 Å². The van der Waals surface area contributed by atoms with Crippen LogP contribution in [0, 0.1) is 0 Å². The highest BCUT2D eigenvalue weighted by molar-refractivity contribution is 6.86. The van der Waals surface area contributed by atoms with Crippen LogP contribution in [0.15, 0.2) is 24.6 Å². The molecule has 0 amide bonds. The van der Waals surface area contributed by atoms with Gasteiger partial charge in [-0.1, -0.05) is 24.2 Å². The van der Waals surface area contributed by atoms with Gasteiger partial charge in [-0.2, -0.15) is 0 Å². The standard InChI is InChI=1S/C8H16OSi2/c1-3-11(4-2)8-6-5-7-10-9-11/h3-4H,1-2,5-8,10H2. The van der Waals surface area contributed by atoms with E-state index in [0.717, 1.165) is 0 Å². The van der Waals surface area contributed by atoms with Crippen LogP contribution in [0.3, 0.4) is 0 Å².